The minimum Gasteiger partial charge on any atom is -0.362 e. The first kappa shape index (κ1) is 19.1. The Hall–Kier alpha value is -2.67. The predicted molar refractivity (Wildman–Crippen MR) is 113 cm³/mol. The van der Waals surface area contributed by atoms with E-state index < -0.39 is 0 Å². The molecule has 0 radical (unpaired) electrons. The van der Waals surface area contributed by atoms with Gasteiger partial charge in [-0.3, -0.25) is 9.36 Å². The lowest BCUT2D eigenvalue weighted by Gasteiger charge is -2.09. The average Bonchev–Trinajstić information content (AvgIpc) is 3.17. The zero-order chi connectivity index (χ0) is 19.2. The van der Waals surface area contributed by atoms with E-state index >= 15 is 0 Å². The minimum absolute atomic E-state index is 0.587. The van der Waals surface area contributed by atoms with Crippen molar-refractivity contribution in [1.82, 2.24) is 24.9 Å². The molecule has 0 saturated carbocycles. The van der Waals surface area contributed by atoms with Crippen molar-refractivity contribution in [2.75, 3.05) is 11.9 Å². The maximum Gasteiger partial charge on any atom is 0.171 e. The smallest absolute Gasteiger partial charge is 0.171 e. The van der Waals surface area contributed by atoms with Crippen LogP contribution in [0.1, 0.15) is 28.9 Å². The third kappa shape index (κ3) is 5.65. The molecule has 0 atom stereocenters. The third-order valence-electron chi connectivity index (χ3n) is 4.24. The quantitative estimate of drug-likeness (QED) is 0.484. The summed E-state index contributed by atoms with van der Waals surface area (Å²) in [5.41, 5.74) is 4.73. The molecule has 0 unspecified atom stereocenters. The zero-order valence-corrected chi connectivity index (χ0v) is 16.9. The molecule has 0 aliphatic rings. The van der Waals surface area contributed by atoms with E-state index in [-0.39, 0.29) is 0 Å². The second kappa shape index (κ2) is 8.81. The Labute approximate surface area is 165 Å². The highest BCUT2D eigenvalue weighted by Crippen LogP contribution is 2.08. The molecule has 7 heteroatoms. The van der Waals surface area contributed by atoms with Crippen LogP contribution in [0.5, 0.6) is 0 Å². The summed E-state index contributed by atoms with van der Waals surface area (Å²) in [5.74, 6) is 0.749. The van der Waals surface area contributed by atoms with Gasteiger partial charge in [-0.25, -0.2) is 0 Å². The summed E-state index contributed by atoms with van der Waals surface area (Å²) in [7, 11) is 0. The molecule has 0 saturated heterocycles. The average molecular weight is 383 g/mol. The summed E-state index contributed by atoms with van der Waals surface area (Å²) in [6, 6.07) is 12.5. The van der Waals surface area contributed by atoms with Gasteiger partial charge in [0, 0.05) is 31.0 Å². The van der Waals surface area contributed by atoms with Crippen LogP contribution in [-0.2, 0) is 13.1 Å². The number of rotatable bonds is 7. The van der Waals surface area contributed by atoms with Crippen molar-refractivity contribution < 1.29 is 0 Å². The summed E-state index contributed by atoms with van der Waals surface area (Å²) in [5, 5.41) is 15.9. The van der Waals surface area contributed by atoms with Gasteiger partial charge in [0.1, 0.15) is 0 Å². The minimum atomic E-state index is 0.587. The van der Waals surface area contributed by atoms with Gasteiger partial charge >= 0.3 is 0 Å². The van der Waals surface area contributed by atoms with E-state index in [1.54, 1.807) is 0 Å². The normalized spacial score (nSPS) is 10.8. The van der Waals surface area contributed by atoms with Crippen LogP contribution >= 0.6 is 12.2 Å². The molecule has 0 aliphatic heterocycles. The van der Waals surface area contributed by atoms with Gasteiger partial charge in [0.15, 0.2) is 10.9 Å². The highest BCUT2D eigenvalue weighted by molar-refractivity contribution is 7.80. The van der Waals surface area contributed by atoms with E-state index in [9.17, 15) is 0 Å². The van der Waals surface area contributed by atoms with Crippen LogP contribution in [0.3, 0.4) is 0 Å². The molecule has 6 nitrogen and oxygen atoms in total. The number of nitrogens with one attached hydrogen (secondary N) is 2. The third-order valence-corrected chi connectivity index (χ3v) is 4.49. The molecule has 2 aromatic heterocycles. The second-order valence-corrected chi connectivity index (χ2v) is 7.18. The fourth-order valence-electron chi connectivity index (χ4n) is 3.01. The number of aryl methyl sites for hydroxylation is 4. The van der Waals surface area contributed by atoms with Crippen LogP contribution < -0.4 is 10.6 Å². The summed E-state index contributed by atoms with van der Waals surface area (Å²) < 4.78 is 3.93. The molecule has 3 aromatic rings. The Kier molecular flexibility index (Phi) is 6.24. The molecule has 0 spiro atoms. The van der Waals surface area contributed by atoms with Crippen LogP contribution in [-0.4, -0.2) is 31.2 Å². The first-order valence-corrected chi connectivity index (χ1v) is 9.55. The number of thiocarbonyl (C=S) groups is 1. The number of nitrogens with zero attached hydrogens (tertiary/aromatic N) is 4. The Morgan fingerprint density at radius 1 is 1.11 bits per heavy atom. The second-order valence-electron chi connectivity index (χ2n) is 6.77. The molecule has 2 N–H and O–H groups in total. The van der Waals surface area contributed by atoms with E-state index in [1.807, 2.05) is 28.6 Å². The van der Waals surface area contributed by atoms with Crippen molar-refractivity contribution >= 4 is 23.1 Å². The summed E-state index contributed by atoms with van der Waals surface area (Å²) in [4.78, 5) is 0. The molecule has 27 heavy (non-hydrogen) atoms. The molecule has 1 aromatic carbocycles. The Bertz CT molecular complexity index is 911. The lowest BCUT2D eigenvalue weighted by atomic mass is 10.1. The lowest BCUT2D eigenvalue weighted by Crippen LogP contribution is -2.30. The molecule has 0 fully saturated rings. The monoisotopic (exact) mass is 382 g/mol. The van der Waals surface area contributed by atoms with E-state index in [0.29, 0.717) is 5.11 Å². The summed E-state index contributed by atoms with van der Waals surface area (Å²) >= 11 is 5.36. The molecule has 2 heterocycles. The van der Waals surface area contributed by atoms with E-state index in [4.69, 9.17) is 12.2 Å². The van der Waals surface area contributed by atoms with Gasteiger partial charge in [0.25, 0.3) is 0 Å². The van der Waals surface area contributed by atoms with Crippen LogP contribution in [0.25, 0.3) is 0 Å². The van der Waals surface area contributed by atoms with Gasteiger partial charge in [0.05, 0.1) is 12.2 Å². The van der Waals surface area contributed by atoms with Crippen molar-refractivity contribution in [2.24, 2.45) is 0 Å². The largest absolute Gasteiger partial charge is 0.362 e. The van der Waals surface area contributed by atoms with Crippen molar-refractivity contribution in [3.63, 3.8) is 0 Å². The van der Waals surface area contributed by atoms with Gasteiger partial charge in [-0.15, -0.1) is 0 Å². The van der Waals surface area contributed by atoms with E-state index in [0.717, 1.165) is 37.6 Å². The maximum absolute atomic E-state index is 5.36. The maximum atomic E-state index is 5.36. The Balaban J connectivity index is 1.42. The van der Waals surface area contributed by atoms with Gasteiger partial charge in [-0.2, -0.15) is 10.2 Å². The highest BCUT2D eigenvalue weighted by atomic mass is 32.1. The van der Waals surface area contributed by atoms with Gasteiger partial charge in [0.2, 0.25) is 0 Å². The Morgan fingerprint density at radius 3 is 2.70 bits per heavy atom. The van der Waals surface area contributed by atoms with Crippen molar-refractivity contribution in [1.29, 1.82) is 0 Å². The Morgan fingerprint density at radius 2 is 1.96 bits per heavy atom. The standard InChI is InChI=1S/C20H26N6S/c1-15-6-4-7-18(12-15)14-25-11-8-19(24-25)22-20(27)21-9-5-10-26-17(3)13-16(2)23-26/h4,6-8,11-13H,5,9-10,14H2,1-3H3,(H2,21,22,24,27). The van der Waals surface area contributed by atoms with Crippen LogP contribution in [0, 0.1) is 20.8 Å². The first-order chi connectivity index (χ1) is 13.0. The van der Waals surface area contributed by atoms with E-state index in [2.05, 4.69) is 65.0 Å². The van der Waals surface area contributed by atoms with Crippen molar-refractivity contribution in [3.05, 3.63) is 65.1 Å². The number of aromatic nitrogens is 4. The van der Waals surface area contributed by atoms with Crippen LogP contribution in [0.4, 0.5) is 5.82 Å². The van der Waals surface area contributed by atoms with Gasteiger partial charge in [-0.1, -0.05) is 29.8 Å². The van der Waals surface area contributed by atoms with Crippen LogP contribution in [0.2, 0.25) is 0 Å². The SMILES string of the molecule is Cc1cccc(Cn2ccc(NC(=S)NCCCn3nc(C)cc3C)n2)c1. The van der Waals surface area contributed by atoms with Crippen molar-refractivity contribution in [2.45, 2.75) is 40.3 Å². The summed E-state index contributed by atoms with van der Waals surface area (Å²) in [6.07, 6.45) is 2.90. The topological polar surface area (TPSA) is 59.7 Å². The number of hydrogen-bond donors (Lipinski definition) is 2. The molecule has 142 valence electrons. The molecule has 0 bridgehead atoms. The molecular weight excluding hydrogens is 356 g/mol. The van der Waals surface area contributed by atoms with E-state index in [1.165, 1.54) is 16.8 Å². The molecule has 3 rings (SSSR count). The van der Waals surface area contributed by atoms with Crippen LogP contribution in [0.15, 0.2) is 42.6 Å². The fraction of sp³-hybridized carbons (Fsp3) is 0.350. The van der Waals surface area contributed by atoms with Gasteiger partial charge in [-0.05, 0) is 51.0 Å². The fourth-order valence-corrected chi connectivity index (χ4v) is 3.21. The molecule has 0 aliphatic carbocycles. The van der Waals surface area contributed by atoms with Crippen molar-refractivity contribution in [3.8, 4) is 0 Å². The number of anilines is 1. The highest BCUT2D eigenvalue weighted by Gasteiger charge is 2.04. The molecule has 0 amide bonds. The lowest BCUT2D eigenvalue weighted by molar-refractivity contribution is 0.558. The predicted octanol–water partition coefficient (Wildman–Crippen LogP) is 3.43. The van der Waals surface area contributed by atoms with Gasteiger partial charge < -0.3 is 10.6 Å². The molecular formula is C20H26N6S. The first-order valence-electron chi connectivity index (χ1n) is 9.14. The number of benzene rings is 1. The number of hydrogen-bond acceptors (Lipinski definition) is 3. The zero-order valence-electron chi connectivity index (χ0n) is 16.1. The summed E-state index contributed by atoms with van der Waals surface area (Å²) in [6.45, 7) is 8.59.